The highest BCUT2D eigenvalue weighted by molar-refractivity contribution is 5.93. The van der Waals surface area contributed by atoms with Crippen molar-refractivity contribution >= 4 is 22.5 Å². The zero-order valence-corrected chi connectivity index (χ0v) is 13.8. The average Bonchev–Trinajstić information content (AvgIpc) is 2.47. The number of rotatable bonds is 2. The lowest BCUT2D eigenvalue weighted by atomic mass is 9.99. The van der Waals surface area contributed by atoms with Crippen LogP contribution in [0.3, 0.4) is 0 Å². The number of carbonyl (C=O) groups is 1. The number of fused-ring (bicyclic) bond motifs is 2. The van der Waals surface area contributed by atoms with Crippen molar-refractivity contribution in [1.82, 2.24) is 14.9 Å². The average molecular weight is 311 g/mol. The van der Waals surface area contributed by atoms with Crippen LogP contribution in [-0.2, 0) is 4.79 Å². The second-order valence-electron chi connectivity index (χ2n) is 6.63. The summed E-state index contributed by atoms with van der Waals surface area (Å²) in [6.07, 6.45) is 1.93. The van der Waals surface area contributed by atoms with E-state index in [2.05, 4.69) is 10.3 Å². The summed E-state index contributed by atoms with van der Waals surface area (Å²) in [6.45, 7) is 7.92. The summed E-state index contributed by atoms with van der Waals surface area (Å²) in [7, 11) is 0. The minimum atomic E-state index is -0.543. The van der Waals surface area contributed by atoms with Gasteiger partial charge in [0.05, 0.1) is 16.6 Å². The maximum absolute atomic E-state index is 13.0. The highest BCUT2D eigenvalue weighted by Gasteiger charge is 2.34. The minimum absolute atomic E-state index is 0.00462. The van der Waals surface area contributed by atoms with Gasteiger partial charge in [-0.3, -0.25) is 14.2 Å². The molecule has 0 unspecified atom stereocenters. The molecule has 0 fully saturated rings. The summed E-state index contributed by atoms with van der Waals surface area (Å²) in [5, 5.41) is 3.47. The second kappa shape index (κ2) is 5.65. The molecule has 1 N–H and O–H groups in total. The molecule has 5 nitrogen and oxygen atoms in total. The number of benzene rings is 1. The molecule has 3 rings (SSSR count). The third kappa shape index (κ3) is 2.56. The monoisotopic (exact) mass is 311 g/mol. The first-order valence-corrected chi connectivity index (χ1v) is 7.94. The van der Waals surface area contributed by atoms with E-state index in [1.165, 1.54) is 0 Å². The molecule has 0 saturated heterocycles. The number of hydrogen-bond donors (Lipinski definition) is 1. The lowest BCUT2D eigenvalue weighted by molar-refractivity contribution is -0.125. The third-order valence-corrected chi connectivity index (χ3v) is 3.98. The molecule has 0 aliphatic carbocycles. The number of nitrogens with one attached hydrogen (secondary N) is 1. The van der Waals surface area contributed by atoms with Crippen molar-refractivity contribution in [1.29, 1.82) is 0 Å². The number of amides is 1. The van der Waals surface area contributed by atoms with Gasteiger partial charge in [-0.1, -0.05) is 45.9 Å². The first-order valence-electron chi connectivity index (χ1n) is 7.94. The summed E-state index contributed by atoms with van der Waals surface area (Å²) in [5.41, 5.74) is 1.11. The lowest BCUT2D eigenvalue weighted by Crippen LogP contribution is -2.46. The molecule has 1 atom stereocenters. The second-order valence-corrected chi connectivity index (χ2v) is 6.63. The van der Waals surface area contributed by atoms with Crippen LogP contribution >= 0.6 is 0 Å². The van der Waals surface area contributed by atoms with E-state index in [9.17, 15) is 9.59 Å². The summed E-state index contributed by atoms with van der Waals surface area (Å²) in [5.74, 6) is 0.618. The molecule has 2 heterocycles. The number of aromatic nitrogens is 2. The number of nitrogens with zero attached hydrogens (tertiary/aromatic N) is 2. The van der Waals surface area contributed by atoms with Crippen LogP contribution in [-0.4, -0.2) is 15.5 Å². The summed E-state index contributed by atoms with van der Waals surface area (Å²) >= 11 is 0. The number of para-hydroxylation sites is 1. The van der Waals surface area contributed by atoms with E-state index in [0.29, 0.717) is 22.4 Å². The van der Waals surface area contributed by atoms with Gasteiger partial charge in [0.25, 0.3) is 5.56 Å². The van der Waals surface area contributed by atoms with Crippen molar-refractivity contribution < 1.29 is 4.79 Å². The van der Waals surface area contributed by atoms with Crippen LogP contribution in [0, 0.1) is 11.8 Å². The van der Waals surface area contributed by atoms with E-state index < -0.39 is 6.04 Å². The molecule has 0 saturated carbocycles. The first-order chi connectivity index (χ1) is 10.9. The molecule has 1 aliphatic heterocycles. The summed E-state index contributed by atoms with van der Waals surface area (Å²) in [6, 6.07) is 6.72. The Kier molecular flexibility index (Phi) is 3.80. The molecule has 120 valence electrons. The number of hydrogen-bond acceptors (Lipinski definition) is 3. The van der Waals surface area contributed by atoms with Crippen molar-refractivity contribution in [3.8, 4) is 0 Å². The van der Waals surface area contributed by atoms with Gasteiger partial charge in [0, 0.05) is 0 Å². The number of allylic oxidation sites excluding steroid dienone is 1. The molecule has 2 aromatic rings. The summed E-state index contributed by atoms with van der Waals surface area (Å²) < 4.78 is 1.56. The highest BCUT2D eigenvalue weighted by Crippen LogP contribution is 2.27. The molecule has 0 radical (unpaired) electrons. The smallest absolute Gasteiger partial charge is 0.262 e. The van der Waals surface area contributed by atoms with Gasteiger partial charge in [-0.25, -0.2) is 4.98 Å². The van der Waals surface area contributed by atoms with E-state index in [1.807, 2.05) is 52.0 Å². The van der Waals surface area contributed by atoms with E-state index in [-0.39, 0.29) is 23.3 Å². The predicted octanol–water partition coefficient (Wildman–Crippen LogP) is 2.72. The Balaban J connectivity index is 2.39. The van der Waals surface area contributed by atoms with Crippen LogP contribution < -0.4 is 10.9 Å². The van der Waals surface area contributed by atoms with Gasteiger partial charge in [0.15, 0.2) is 5.82 Å². The van der Waals surface area contributed by atoms with Gasteiger partial charge in [0.2, 0.25) is 5.91 Å². The highest BCUT2D eigenvalue weighted by atomic mass is 16.2. The first kappa shape index (κ1) is 15.5. The molecule has 5 heteroatoms. The van der Waals surface area contributed by atoms with Crippen LogP contribution in [0.5, 0.6) is 0 Å². The standard InChI is InChI=1S/C18H21N3O2/c1-10(2)9-14-16-19-13-8-6-5-7-12(13)18(23)21(16)15(11(3)4)17(22)20-14/h5-11,15H,1-4H3,(H,20,22)/b14-9-/t15-/m0/s1. The Morgan fingerprint density at radius 3 is 2.52 bits per heavy atom. The molecule has 1 aliphatic rings. The van der Waals surface area contributed by atoms with E-state index in [0.717, 1.165) is 0 Å². The molecule has 0 bridgehead atoms. The van der Waals surface area contributed by atoms with Crippen molar-refractivity contribution in [2.24, 2.45) is 11.8 Å². The normalized spacial score (nSPS) is 19.5. The quantitative estimate of drug-likeness (QED) is 0.927. The predicted molar refractivity (Wildman–Crippen MR) is 90.8 cm³/mol. The van der Waals surface area contributed by atoms with Crippen molar-refractivity contribution in [2.75, 3.05) is 0 Å². The molecule has 1 amide bonds. The summed E-state index contributed by atoms with van der Waals surface area (Å²) in [4.78, 5) is 30.2. The Bertz CT molecular complexity index is 862. The Morgan fingerprint density at radius 1 is 1.17 bits per heavy atom. The zero-order valence-electron chi connectivity index (χ0n) is 13.8. The fourth-order valence-electron chi connectivity index (χ4n) is 3.02. The van der Waals surface area contributed by atoms with E-state index in [1.54, 1.807) is 10.6 Å². The fourth-order valence-corrected chi connectivity index (χ4v) is 3.02. The topological polar surface area (TPSA) is 64.0 Å². The Labute approximate surface area is 135 Å². The van der Waals surface area contributed by atoms with Gasteiger partial charge in [-0.15, -0.1) is 0 Å². The van der Waals surface area contributed by atoms with Crippen LogP contribution in [0.15, 0.2) is 35.1 Å². The lowest BCUT2D eigenvalue weighted by Gasteiger charge is -2.31. The Hall–Kier alpha value is -2.43. The van der Waals surface area contributed by atoms with Crippen LogP contribution in [0.1, 0.15) is 39.6 Å². The van der Waals surface area contributed by atoms with E-state index >= 15 is 0 Å². The third-order valence-electron chi connectivity index (χ3n) is 3.98. The van der Waals surface area contributed by atoms with Crippen molar-refractivity contribution in [3.63, 3.8) is 0 Å². The minimum Gasteiger partial charge on any atom is -0.321 e. The van der Waals surface area contributed by atoms with Crippen molar-refractivity contribution in [2.45, 2.75) is 33.7 Å². The Morgan fingerprint density at radius 2 is 1.87 bits per heavy atom. The molecule has 23 heavy (non-hydrogen) atoms. The van der Waals surface area contributed by atoms with Gasteiger partial charge >= 0.3 is 0 Å². The van der Waals surface area contributed by atoms with Crippen LogP contribution in [0.2, 0.25) is 0 Å². The number of carbonyl (C=O) groups excluding carboxylic acids is 1. The van der Waals surface area contributed by atoms with Gasteiger partial charge in [-0.2, -0.15) is 0 Å². The molecule has 1 aromatic heterocycles. The molecular weight excluding hydrogens is 290 g/mol. The largest absolute Gasteiger partial charge is 0.321 e. The van der Waals surface area contributed by atoms with E-state index in [4.69, 9.17) is 0 Å². The van der Waals surface area contributed by atoms with Gasteiger partial charge in [0.1, 0.15) is 6.04 Å². The fraction of sp³-hybridized carbons (Fsp3) is 0.389. The molecule has 1 aromatic carbocycles. The molecular formula is C18H21N3O2. The van der Waals surface area contributed by atoms with Crippen molar-refractivity contribution in [3.05, 3.63) is 46.5 Å². The van der Waals surface area contributed by atoms with Crippen LogP contribution in [0.4, 0.5) is 0 Å². The maximum Gasteiger partial charge on any atom is 0.262 e. The van der Waals surface area contributed by atoms with Crippen LogP contribution in [0.25, 0.3) is 16.6 Å². The SMILES string of the molecule is CC(C)/C=C1\NC(=O)[C@H](C(C)C)n2c1nc1ccccc1c2=O. The van der Waals surface area contributed by atoms with Gasteiger partial charge < -0.3 is 5.32 Å². The van der Waals surface area contributed by atoms with Gasteiger partial charge in [-0.05, 0) is 24.0 Å². The molecule has 0 spiro atoms. The zero-order chi connectivity index (χ0) is 16.7. The maximum atomic E-state index is 13.0.